The predicted molar refractivity (Wildman–Crippen MR) is 103 cm³/mol. The second-order valence-electron chi connectivity index (χ2n) is 5.98. The number of fused-ring (bicyclic) bond motifs is 2. The van der Waals surface area contributed by atoms with Crippen LogP contribution in [0.5, 0.6) is 0 Å². The molecule has 0 aromatic carbocycles. The number of pyridine rings is 2. The predicted octanol–water partition coefficient (Wildman–Crippen LogP) is 2.29. The molecule has 0 saturated heterocycles. The van der Waals surface area contributed by atoms with Crippen molar-refractivity contribution in [1.82, 2.24) is 19.7 Å². The number of hydrogen-bond acceptors (Lipinski definition) is 5. The summed E-state index contributed by atoms with van der Waals surface area (Å²) >= 11 is 0. The summed E-state index contributed by atoms with van der Waals surface area (Å²) in [5.41, 5.74) is 1.83. The minimum Gasteiger partial charge on any atom is -0.369 e. The zero-order valence-corrected chi connectivity index (χ0v) is 14.9. The highest BCUT2D eigenvalue weighted by Gasteiger charge is 2.17. The Morgan fingerprint density at radius 1 is 1.38 bits per heavy atom. The maximum atomic E-state index is 12.9. The van der Waals surface area contributed by atoms with Crippen LogP contribution in [0.1, 0.15) is 29.3 Å². The van der Waals surface area contributed by atoms with Gasteiger partial charge in [-0.05, 0) is 31.0 Å². The van der Waals surface area contributed by atoms with Crippen molar-refractivity contribution in [2.75, 3.05) is 18.4 Å². The van der Waals surface area contributed by atoms with Crippen LogP contribution in [0.15, 0.2) is 41.8 Å². The summed E-state index contributed by atoms with van der Waals surface area (Å²) in [6.45, 7) is 8.50. The minimum atomic E-state index is -0.313. The minimum absolute atomic E-state index is 0.249. The van der Waals surface area contributed by atoms with Crippen LogP contribution >= 0.6 is 0 Å². The number of nitrogens with zero attached hydrogens (tertiary/aromatic N) is 3. The van der Waals surface area contributed by atoms with Crippen LogP contribution in [0, 0.1) is 6.92 Å². The van der Waals surface area contributed by atoms with Crippen molar-refractivity contribution >= 4 is 28.4 Å². The number of nitrogens with one attached hydrogen (secondary N) is 2. The van der Waals surface area contributed by atoms with Gasteiger partial charge in [0.1, 0.15) is 11.5 Å². The summed E-state index contributed by atoms with van der Waals surface area (Å²) < 4.78 is 1.48. The van der Waals surface area contributed by atoms with Crippen LogP contribution in [0.4, 0.5) is 5.82 Å². The van der Waals surface area contributed by atoms with E-state index in [0.29, 0.717) is 41.2 Å². The van der Waals surface area contributed by atoms with E-state index in [-0.39, 0.29) is 11.5 Å². The molecule has 3 aromatic rings. The molecule has 0 unspecified atom stereocenters. The van der Waals surface area contributed by atoms with Gasteiger partial charge in [-0.2, -0.15) is 0 Å². The van der Waals surface area contributed by atoms with E-state index in [1.165, 1.54) is 4.40 Å². The van der Waals surface area contributed by atoms with Crippen LogP contribution < -0.4 is 16.2 Å². The number of amides is 1. The Balaban J connectivity index is 2.26. The number of rotatable bonds is 6. The lowest BCUT2D eigenvalue weighted by Crippen LogP contribution is -2.26. The third kappa shape index (κ3) is 3.15. The molecule has 2 N–H and O–H groups in total. The number of aromatic nitrogens is 3. The highest BCUT2D eigenvalue weighted by atomic mass is 16.1. The molecule has 0 aliphatic heterocycles. The average molecular weight is 351 g/mol. The fourth-order valence-corrected chi connectivity index (χ4v) is 2.70. The van der Waals surface area contributed by atoms with Crippen molar-refractivity contribution in [1.29, 1.82) is 0 Å². The van der Waals surface area contributed by atoms with Crippen LogP contribution in [-0.2, 0) is 0 Å². The van der Waals surface area contributed by atoms with Crippen LogP contribution in [0.25, 0.3) is 16.7 Å². The molecule has 0 saturated carbocycles. The Hall–Kier alpha value is -3.22. The van der Waals surface area contributed by atoms with Gasteiger partial charge in [0, 0.05) is 19.3 Å². The molecule has 0 atom stereocenters. The number of anilines is 1. The van der Waals surface area contributed by atoms with E-state index in [2.05, 4.69) is 27.2 Å². The molecule has 0 radical (unpaired) electrons. The Kier molecular flexibility index (Phi) is 4.97. The number of hydrogen-bond donors (Lipinski definition) is 2. The molecule has 26 heavy (non-hydrogen) atoms. The van der Waals surface area contributed by atoms with Crippen molar-refractivity contribution in [3.8, 4) is 0 Å². The van der Waals surface area contributed by atoms with E-state index >= 15 is 0 Å². The van der Waals surface area contributed by atoms with E-state index in [1.807, 2.05) is 19.9 Å². The topological polar surface area (TPSA) is 88.4 Å². The van der Waals surface area contributed by atoms with Gasteiger partial charge in [-0.3, -0.25) is 14.0 Å². The van der Waals surface area contributed by atoms with Crippen LogP contribution in [0.2, 0.25) is 0 Å². The van der Waals surface area contributed by atoms with Crippen molar-refractivity contribution in [2.45, 2.75) is 20.3 Å². The molecular weight excluding hydrogens is 330 g/mol. The van der Waals surface area contributed by atoms with E-state index in [4.69, 9.17) is 0 Å². The standard InChI is InChI=1S/C19H21N5O2/c1-4-8-20-15-13(18(25)21-9-5-2)11-14-16(22-15)23-17-12(3)7-6-10-24(17)19(14)26/h5-7,10-11H,2,4,8-9H2,1,3H3,(H,20,22)(H,21,25). The lowest BCUT2D eigenvalue weighted by molar-refractivity contribution is 0.0958. The van der Waals surface area contributed by atoms with Gasteiger partial charge in [0.25, 0.3) is 11.5 Å². The molecule has 7 nitrogen and oxygen atoms in total. The molecule has 134 valence electrons. The normalized spacial score (nSPS) is 10.8. The zero-order valence-electron chi connectivity index (χ0n) is 14.9. The molecule has 1 amide bonds. The Labute approximate surface area is 150 Å². The maximum absolute atomic E-state index is 12.9. The quantitative estimate of drug-likeness (QED) is 0.525. The van der Waals surface area contributed by atoms with Crippen LogP contribution in [0.3, 0.4) is 0 Å². The Morgan fingerprint density at radius 3 is 2.92 bits per heavy atom. The van der Waals surface area contributed by atoms with E-state index in [9.17, 15) is 9.59 Å². The van der Waals surface area contributed by atoms with Gasteiger partial charge in [-0.15, -0.1) is 6.58 Å². The molecule has 0 spiro atoms. The molecule has 3 heterocycles. The molecule has 0 aliphatic carbocycles. The van der Waals surface area contributed by atoms with Crippen molar-refractivity contribution in [3.05, 3.63) is 58.5 Å². The second-order valence-corrected chi connectivity index (χ2v) is 5.98. The molecule has 0 bridgehead atoms. The van der Waals surface area contributed by atoms with Gasteiger partial charge in [0.2, 0.25) is 0 Å². The van der Waals surface area contributed by atoms with E-state index in [0.717, 1.165) is 12.0 Å². The molecule has 0 aliphatic rings. The average Bonchev–Trinajstić information content (AvgIpc) is 2.65. The molecule has 0 fully saturated rings. The first-order valence-electron chi connectivity index (χ1n) is 8.52. The van der Waals surface area contributed by atoms with Gasteiger partial charge in [-0.1, -0.05) is 19.1 Å². The van der Waals surface area contributed by atoms with Gasteiger partial charge >= 0.3 is 0 Å². The first-order valence-corrected chi connectivity index (χ1v) is 8.52. The monoisotopic (exact) mass is 351 g/mol. The Morgan fingerprint density at radius 2 is 2.19 bits per heavy atom. The van der Waals surface area contributed by atoms with Crippen molar-refractivity contribution in [2.24, 2.45) is 0 Å². The fraction of sp³-hybridized carbons (Fsp3) is 0.263. The number of aryl methyl sites for hydroxylation is 1. The molecular formula is C19H21N5O2. The van der Waals surface area contributed by atoms with Gasteiger partial charge in [0.05, 0.1) is 10.9 Å². The molecule has 3 rings (SSSR count). The number of carbonyl (C=O) groups is 1. The SMILES string of the molecule is C=CCNC(=O)c1cc2c(=O)n3cccc(C)c3nc2nc1NCCC. The summed E-state index contributed by atoms with van der Waals surface area (Å²) in [6.07, 6.45) is 4.14. The largest absolute Gasteiger partial charge is 0.369 e. The first kappa shape index (κ1) is 17.6. The summed E-state index contributed by atoms with van der Waals surface area (Å²) in [5, 5.41) is 6.18. The smallest absolute Gasteiger partial charge is 0.267 e. The second kappa shape index (κ2) is 7.35. The van der Waals surface area contributed by atoms with Gasteiger partial charge < -0.3 is 10.6 Å². The molecule has 7 heteroatoms. The van der Waals surface area contributed by atoms with Crippen molar-refractivity contribution in [3.63, 3.8) is 0 Å². The summed E-state index contributed by atoms with van der Waals surface area (Å²) in [7, 11) is 0. The Bertz CT molecular complexity index is 1060. The molecule has 3 aromatic heterocycles. The third-order valence-electron chi connectivity index (χ3n) is 4.02. The fourth-order valence-electron chi connectivity index (χ4n) is 2.70. The maximum Gasteiger partial charge on any atom is 0.267 e. The van der Waals surface area contributed by atoms with E-state index in [1.54, 1.807) is 24.4 Å². The van der Waals surface area contributed by atoms with Crippen LogP contribution in [-0.4, -0.2) is 33.4 Å². The lowest BCUT2D eigenvalue weighted by atomic mass is 10.2. The summed E-state index contributed by atoms with van der Waals surface area (Å²) in [6, 6.07) is 5.24. The van der Waals surface area contributed by atoms with Gasteiger partial charge in [0.15, 0.2) is 5.65 Å². The summed E-state index contributed by atoms with van der Waals surface area (Å²) in [4.78, 5) is 34.4. The van der Waals surface area contributed by atoms with Gasteiger partial charge in [-0.25, -0.2) is 9.97 Å². The van der Waals surface area contributed by atoms with E-state index < -0.39 is 0 Å². The number of carbonyl (C=O) groups excluding carboxylic acids is 1. The first-order chi connectivity index (χ1) is 12.6. The van der Waals surface area contributed by atoms with Crippen molar-refractivity contribution < 1.29 is 4.79 Å². The summed E-state index contributed by atoms with van der Waals surface area (Å²) in [5.74, 6) is 0.109. The lowest BCUT2D eigenvalue weighted by Gasteiger charge is -2.12. The zero-order chi connectivity index (χ0) is 18.7. The highest BCUT2D eigenvalue weighted by Crippen LogP contribution is 2.19. The third-order valence-corrected chi connectivity index (χ3v) is 4.02. The highest BCUT2D eigenvalue weighted by molar-refractivity contribution is 6.02.